The van der Waals surface area contributed by atoms with E-state index in [-0.39, 0.29) is 0 Å². The van der Waals surface area contributed by atoms with Crippen molar-refractivity contribution in [3.8, 4) is 0 Å². The van der Waals surface area contributed by atoms with Crippen molar-refractivity contribution in [3.05, 3.63) is 19.1 Å². The number of allylic oxidation sites excluding steroid dienone is 2. The van der Waals surface area contributed by atoms with E-state index < -0.39 is 0 Å². The average molecular weight is 196 g/mol. The van der Waals surface area contributed by atoms with Crippen molar-refractivity contribution in [3.63, 3.8) is 0 Å². The van der Waals surface area contributed by atoms with Crippen LogP contribution in [0.15, 0.2) is 12.2 Å². The Morgan fingerprint density at radius 3 is 2.75 bits per heavy atom. The number of hydrogen-bond donors (Lipinski definition) is 0. The van der Waals surface area contributed by atoms with E-state index in [0.29, 0.717) is 0 Å². The summed E-state index contributed by atoms with van der Waals surface area (Å²) in [6.45, 7) is 3.73. The summed E-state index contributed by atoms with van der Waals surface area (Å²) >= 11 is 2.46. The summed E-state index contributed by atoms with van der Waals surface area (Å²) in [5.74, 6) is 0. The summed E-state index contributed by atoms with van der Waals surface area (Å²) in [5, 5.41) is 0. The SMILES string of the molecule is [CH2-]CCC/C=C\[CH]=[Ru+]. The molecule has 0 aliphatic rings. The zero-order chi connectivity index (χ0) is 6.24. The Morgan fingerprint density at radius 2 is 2.25 bits per heavy atom. The van der Waals surface area contributed by atoms with Gasteiger partial charge in [0.2, 0.25) is 0 Å². The molecule has 47 valence electrons. The first-order valence-electron chi connectivity index (χ1n) is 2.78. The van der Waals surface area contributed by atoms with Gasteiger partial charge in [0.15, 0.2) is 0 Å². The van der Waals surface area contributed by atoms with Gasteiger partial charge in [-0.2, -0.15) is 0 Å². The third-order valence-corrected chi connectivity index (χ3v) is 1.16. The van der Waals surface area contributed by atoms with Crippen molar-refractivity contribution in [2.45, 2.75) is 19.3 Å². The monoisotopic (exact) mass is 197 g/mol. The van der Waals surface area contributed by atoms with Crippen LogP contribution in [0.2, 0.25) is 0 Å². The fourth-order valence-corrected chi connectivity index (χ4v) is 0.643. The normalized spacial score (nSPS) is 10.1. The van der Waals surface area contributed by atoms with E-state index in [1.54, 1.807) is 0 Å². The first-order chi connectivity index (χ1) is 3.91. The topological polar surface area (TPSA) is 0 Å². The van der Waals surface area contributed by atoms with Crippen molar-refractivity contribution in [1.82, 2.24) is 0 Å². The predicted molar refractivity (Wildman–Crippen MR) is 34.4 cm³/mol. The number of unbranched alkanes of at least 4 members (excludes halogenated alkanes) is 2. The van der Waals surface area contributed by atoms with Crippen molar-refractivity contribution >= 4 is 4.61 Å². The third-order valence-electron chi connectivity index (χ3n) is 0.825. The predicted octanol–water partition coefficient (Wildman–Crippen LogP) is 1.90. The molecule has 0 fully saturated rings. The van der Waals surface area contributed by atoms with Crippen LogP contribution in [0.3, 0.4) is 0 Å². The van der Waals surface area contributed by atoms with Gasteiger partial charge >= 0.3 is 60.8 Å². The third kappa shape index (κ3) is 6.23. The van der Waals surface area contributed by atoms with Gasteiger partial charge in [-0.1, -0.05) is 0 Å². The zero-order valence-electron chi connectivity index (χ0n) is 4.91. The molecule has 0 rings (SSSR count). The molecule has 0 aliphatic heterocycles. The van der Waals surface area contributed by atoms with E-state index in [9.17, 15) is 0 Å². The number of hydrogen-bond acceptors (Lipinski definition) is 0. The van der Waals surface area contributed by atoms with Gasteiger partial charge in [-0.15, -0.1) is 0 Å². The van der Waals surface area contributed by atoms with Gasteiger partial charge < -0.3 is 0 Å². The van der Waals surface area contributed by atoms with Crippen molar-refractivity contribution in [1.29, 1.82) is 0 Å². The first kappa shape index (κ1) is 8.23. The molecule has 0 nitrogen and oxygen atoms in total. The zero-order valence-corrected chi connectivity index (χ0v) is 6.65. The van der Waals surface area contributed by atoms with Crippen molar-refractivity contribution in [2.75, 3.05) is 0 Å². The van der Waals surface area contributed by atoms with E-state index in [0.717, 1.165) is 12.8 Å². The molecule has 0 N–H and O–H groups in total. The maximum absolute atomic E-state index is 3.73. The average Bonchev–Trinajstić information content (AvgIpc) is 1.81. The Kier molecular flexibility index (Phi) is 7.44. The molecule has 0 radical (unpaired) electrons. The van der Waals surface area contributed by atoms with Gasteiger partial charge in [0, 0.05) is 0 Å². The van der Waals surface area contributed by atoms with Gasteiger partial charge in [0.05, 0.1) is 0 Å². The molecule has 0 unspecified atom stereocenters. The van der Waals surface area contributed by atoms with Crippen LogP contribution in [0.1, 0.15) is 19.3 Å². The van der Waals surface area contributed by atoms with Crippen LogP contribution in [0, 0.1) is 6.92 Å². The molecule has 0 aromatic carbocycles. The molecule has 8 heavy (non-hydrogen) atoms. The Hall–Kier alpha value is 0.233. The molecule has 0 aromatic heterocycles. The molecule has 0 spiro atoms. The van der Waals surface area contributed by atoms with Crippen molar-refractivity contribution < 1.29 is 17.9 Å². The fourth-order valence-electron chi connectivity index (χ4n) is 0.407. The first-order valence-corrected chi connectivity index (χ1v) is 3.78. The molecule has 0 bridgehead atoms. The summed E-state index contributed by atoms with van der Waals surface area (Å²) in [4.78, 5) is 0. The fraction of sp³-hybridized carbons (Fsp3) is 0.429. The van der Waals surface area contributed by atoms with Crippen molar-refractivity contribution in [2.24, 2.45) is 0 Å². The van der Waals surface area contributed by atoms with Crippen LogP contribution in [0.4, 0.5) is 0 Å². The van der Waals surface area contributed by atoms with Gasteiger partial charge in [-0.3, -0.25) is 0 Å². The molecule has 1 heteroatoms. The molecular weight excluding hydrogens is 185 g/mol. The van der Waals surface area contributed by atoms with Crippen LogP contribution in [-0.2, 0) is 17.9 Å². The molecule has 0 aromatic rings. The van der Waals surface area contributed by atoms with Crippen LogP contribution >= 0.6 is 0 Å². The number of rotatable bonds is 4. The molecular formula is C7H11Ru. The van der Waals surface area contributed by atoms with E-state index in [1.165, 1.54) is 6.42 Å². The second-order valence-electron chi connectivity index (χ2n) is 1.54. The molecule has 0 amide bonds. The summed E-state index contributed by atoms with van der Waals surface area (Å²) in [6.07, 6.45) is 7.61. The quantitative estimate of drug-likeness (QED) is 0.366. The van der Waals surface area contributed by atoms with Gasteiger partial charge in [-0.05, 0) is 0 Å². The van der Waals surface area contributed by atoms with Crippen LogP contribution in [0.5, 0.6) is 0 Å². The van der Waals surface area contributed by atoms with Crippen LogP contribution < -0.4 is 0 Å². The Labute approximate surface area is 61.2 Å². The minimum atomic E-state index is 1.04. The molecule has 0 saturated heterocycles. The summed E-state index contributed by atoms with van der Waals surface area (Å²) < 4.78 is 1.97. The molecule has 0 saturated carbocycles. The summed E-state index contributed by atoms with van der Waals surface area (Å²) in [5.41, 5.74) is 0. The molecule has 0 aliphatic carbocycles. The Balaban J connectivity index is 2.91. The van der Waals surface area contributed by atoms with E-state index >= 15 is 0 Å². The Morgan fingerprint density at radius 1 is 1.50 bits per heavy atom. The van der Waals surface area contributed by atoms with E-state index in [4.69, 9.17) is 0 Å². The second-order valence-corrected chi connectivity index (χ2v) is 2.12. The summed E-state index contributed by atoms with van der Waals surface area (Å²) in [7, 11) is 0. The summed E-state index contributed by atoms with van der Waals surface area (Å²) in [6, 6.07) is 0. The van der Waals surface area contributed by atoms with Crippen LogP contribution in [-0.4, -0.2) is 4.61 Å². The Bertz CT molecular complexity index is 74.5. The van der Waals surface area contributed by atoms with E-state index in [1.807, 2.05) is 10.7 Å². The molecule has 0 heterocycles. The van der Waals surface area contributed by atoms with E-state index in [2.05, 4.69) is 30.9 Å². The van der Waals surface area contributed by atoms with Gasteiger partial charge in [0.25, 0.3) is 0 Å². The maximum atomic E-state index is 3.73. The minimum absolute atomic E-state index is 1.04. The standard InChI is InChI=1S/C7H11.Ru/c1-3-5-7-6-4-2;/h1,3,5H,2,4,6-7H2;/q-1;+1/b5-3-;. The van der Waals surface area contributed by atoms with Crippen LogP contribution in [0.25, 0.3) is 0 Å². The second kappa shape index (κ2) is 7.23. The van der Waals surface area contributed by atoms with Gasteiger partial charge in [-0.25, -0.2) is 0 Å². The molecule has 0 atom stereocenters. The van der Waals surface area contributed by atoms with Gasteiger partial charge in [0.1, 0.15) is 0 Å².